The van der Waals surface area contributed by atoms with Crippen LogP contribution in [0.15, 0.2) is 18.2 Å². The Labute approximate surface area is 103 Å². The fourth-order valence-corrected chi connectivity index (χ4v) is 2.20. The lowest BCUT2D eigenvalue weighted by Gasteiger charge is -2.24. The van der Waals surface area contributed by atoms with Gasteiger partial charge in [-0.15, -0.1) is 0 Å². The summed E-state index contributed by atoms with van der Waals surface area (Å²) in [4.78, 5) is 0. The molecule has 1 atom stereocenters. The second-order valence-corrected chi connectivity index (χ2v) is 4.68. The third-order valence-corrected chi connectivity index (χ3v) is 3.39. The molecule has 3 heteroatoms. The maximum atomic E-state index is 5.91. The van der Waals surface area contributed by atoms with Crippen molar-refractivity contribution in [2.75, 3.05) is 11.1 Å². The van der Waals surface area contributed by atoms with E-state index in [-0.39, 0.29) is 0 Å². The van der Waals surface area contributed by atoms with Crippen molar-refractivity contribution in [2.45, 2.75) is 39.7 Å². The van der Waals surface area contributed by atoms with Crippen LogP contribution < -0.4 is 11.1 Å². The monoisotopic (exact) mass is 240 g/mol. The summed E-state index contributed by atoms with van der Waals surface area (Å²) >= 11 is 5.86. The number of nitrogens with one attached hydrogen (secondary N) is 1. The van der Waals surface area contributed by atoms with Gasteiger partial charge in [-0.05, 0) is 31.0 Å². The van der Waals surface area contributed by atoms with Crippen molar-refractivity contribution in [3.63, 3.8) is 0 Å². The second kappa shape index (κ2) is 6.00. The van der Waals surface area contributed by atoms with Gasteiger partial charge in [-0.3, -0.25) is 0 Å². The van der Waals surface area contributed by atoms with Gasteiger partial charge in [0.15, 0.2) is 0 Å². The van der Waals surface area contributed by atoms with Gasteiger partial charge in [0.1, 0.15) is 0 Å². The molecular weight excluding hydrogens is 220 g/mol. The number of anilines is 2. The Kier molecular flexibility index (Phi) is 4.94. The van der Waals surface area contributed by atoms with E-state index in [2.05, 4.69) is 26.1 Å². The molecule has 0 aliphatic heterocycles. The van der Waals surface area contributed by atoms with Gasteiger partial charge >= 0.3 is 0 Å². The predicted molar refractivity (Wildman–Crippen MR) is 73.0 cm³/mol. The van der Waals surface area contributed by atoms with Gasteiger partial charge in [-0.25, -0.2) is 0 Å². The zero-order valence-corrected chi connectivity index (χ0v) is 11.0. The molecule has 0 aliphatic rings. The van der Waals surface area contributed by atoms with E-state index < -0.39 is 0 Å². The zero-order valence-electron chi connectivity index (χ0n) is 10.3. The molecule has 16 heavy (non-hydrogen) atoms. The molecule has 0 bridgehead atoms. The van der Waals surface area contributed by atoms with Crippen LogP contribution in [0, 0.1) is 5.92 Å². The van der Waals surface area contributed by atoms with Crippen molar-refractivity contribution >= 4 is 23.0 Å². The molecule has 0 heterocycles. The Morgan fingerprint density at radius 3 is 2.44 bits per heavy atom. The van der Waals surface area contributed by atoms with Gasteiger partial charge < -0.3 is 11.1 Å². The summed E-state index contributed by atoms with van der Waals surface area (Å²) in [5.74, 6) is 0.676. The molecule has 0 fully saturated rings. The fourth-order valence-electron chi connectivity index (χ4n) is 2.02. The molecule has 2 nitrogen and oxygen atoms in total. The van der Waals surface area contributed by atoms with Crippen LogP contribution in [0.3, 0.4) is 0 Å². The van der Waals surface area contributed by atoms with Crippen LogP contribution in [0.25, 0.3) is 0 Å². The van der Waals surface area contributed by atoms with Crippen LogP contribution in [-0.2, 0) is 0 Å². The largest absolute Gasteiger partial charge is 0.397 e. The summed E-state index contributed by atoms with van der Waals surface area (Å²) in [6.45, 7) is 6.64. The molecule has 1 unspecified atom stereocenters. The quantitative estimate of drug-likeness (QED) is 0.759. The van der Waals surface area contributed by atoms with Crippen LogP contribution in [-0.4, -0.2) is 6.04 Å². The van der Waals surface area contributed by atoms with Crippen LogP contribution in [0.4, 0.5) is 11.4 Å². The molecular formula is C13H21ClN2. The molecule has 1 rings (SSSR count). The first kappa shape index (κ1) is 13.2. The molecule has 1 aromatic rings. The Bertz CT molecular complexity index is 335. The molecule has 0 saturated heterocycles. The highest BCUT2D eigenvalue weighted by Crippen LogP contribution is 2.25. The first-order valence-corrected chi connectivity index (χ1v) is 6.27. The minimum atomic E-state index is 0.429. The van der Waals surface area contributed by atoms with Crippen LogP contribution in [0.2, 0.25) is 5.02 Å². The van der Waals surface area contributed by atoms with E-state index in [4.69, 9.17) is 17.3 Å². The average Bonchev–Trinajstić information content (AvgIpc) is 2.24. The lowest BCUT2D eigenvalue weighted by Crippen LogP contribution is -2.25. The van der Waals surface area contributed by atoms with Gasteiger partial charge in [0.2, 0.25) is 0 Å². The zero-order chi connectivity index (χ0) is 12.1. The van der Waals surface area contributed by atoms with E-state index in [1.54, 1.807) is 6.07 Å². The van der Waals surface area contributed by atoms with Gasteiger partial charge in [0.05, 0.1) is 11.4 Å². The van der Waals surface area contributed by atoms with Crippen molar-refractivity contribution in [1.82, 2.24) is 0 Å². The van der Waals surface area contributed by atoms with E-state index in [9.17, 15) is 0 Å². The Morgan fingerprint density at radius 2 is 1.94 bits per heavy atom. The summed E-state index contributed by atoms with van der Waals surface area (Å²) < 4.78 is 0. The Balaban J connectivity index is 2.72. The van der Waals surface area contributed by atoms with Gasteiger partial charge in [-0.1, -0.05) is 38.3 Å². The molecule has 0 radical (unpaired) electrons. The molecule has 0 spiro atoms. The third-order valence-electron chi connectivity index (χ3n) is 3.15. The maximum Gasteiger partial charge on any atom is 0.0577 e. The summed E-state index contributed by atoms with van der Waals surface area (Å²) in [5, 5.41) is 4.13. The smallest absolute Gasteiger partial charge is 0.0577 e. The van der Waals surface area contributed by atoms with E-state index in [1.165, 1.54) is 12.8 Å². The minimum absolute atomic E-state index is 0.429. The van der Waals surface area contributed by atoms with E-state index in [0.29, 0.717) is 22.7 Å². The number of hydrogen-bond acceptors (Lipinski definition) is 2. The molecule has 3 N–H and O–H groups in total. The van der Waals surface area contributed by atoms with Crippen molar-refractivity contribution in [2.24, 2.45) is 5.92 Å². The van der Waals surface area contributed by atoms with Gasteiger partial charge in [0, 0.05) is 11.1 Å². The molecule has 0 aromatic heterocycles. The van der Waals surface area contributed by atoms with Crippen molar-refractivity contribution in [3.05, 3.63) is 23.2 Å². The highest BCUT2D eigenvalue weighted by molar-refractivity contribution is 6.31. The first-order valence-electron chi connectivity index (χ1n) is 5.90. The van der Waals surface area contributed by atoms with Crippen molar-refractivity contribution in [3.8, 4) is 0 Å². The normalized spacial score (nSPS) is 12.8. The Morgan fingerprint density at radius 1 is 1.31 bits per heavy atom. The average molecular weight is 241 g/mol. The van der Waals surface area contributed by atoms with Gasteiger partial charge in [-0.2, -0.15) is 0 Å². The lowest BCUT2D eigenvalue weighted by atomic mass is 9.95. The highest BCUT2D eigenvalue weighted by atomic mass is 35.5. The summed E-state index contributed by atoms with van der Waals surface area (Å²) in [6.07, 6.45) is 2.36. The van der Waals surface area contributed by atoms with Crippen LogP contribution in [0.5, 0.6) is 0 Å². The van der Waals surface area contributed by atoms with Gasteiger partial charge in [0.25, 0.3) is 0 Å². The maximum absolute atomic E-state index is 5.91. The number of nitrogens with two attached hydrogens (primary N) is 1. The second-order valence-electron chi connectivity index (χ2n) is 4.24. The number of hydrogen-bond donors (Lipinski definition) is 2. The summed E-state index contributed by atoms with van der Waals surface area (Å²) in [5.41, 5.74) is 7.59. The summed E-state index contributed by atoms with van der Waals surface area (Å²) in [7, 11) is 0. The fraction of sp³-hybridized carbons (Fsp3) is 0.538. The number of benzene rings is 1. The molecule has 0 amide bonds. The molecule has 0 aliphatic carbocycles. The number of nitrogen functional groups attached to an aromatic ring is 1. The first-order chi connectivity index (χ1) is 7.58. The molecule has 0 saturated carbocycles. The highest BCUT2D eigenvalue weighted by Gasteiger charge is 2.13. The number of rotatable bonds is 5. The SMILES string of the molecule is CCC(CC)C(C)Nc1ccc(Cl)cc1N. The van der Waals surface area contributed by atoms with Crippen LogP contribution in [0.1, 0.15) is 33.6 Å². The lowest BCUT2D eigenvalue weighted by molar-refractivity contribution is 0.438. The molecule has 90 valence electrons. The minimum Gasteiger partial charge on any atom is -0.397 e. The van der Waals surface area contributed by atoms with E-state index in [0.717, 1.165) is 5.69 Å². The van der Waals surface area contributed by atoms with Crippen LogP contribution >= 0.6 is 11.6 Å². The van der Waals surface area contributed by atoms with Crippen molar-refractivity contribution < 1.29 is 0 Å². The standard InChI is InChI=1S/C13H21ClN2/c1-4-10(5-2)9(3)16-13-7-6-11(14)8-12(13)15/h6-10,16H,4-5,15H2,1-3H3. The van der Waals surface area contributed by atoms with Crippen molar-refractivity contribution in [1.29, 1.82) is 0 Å². The molecule has 1 aromatic carbocycles. The predicted octanol–water partition coefficient (Wildman–Crippen LogP) is 4.16. The Hall–Kier alpha value is -0.890. The topological polar surface area (TPSA) is 38.0 Å². The van der Waals surface area contributed by atoms with E-state index >= 15 is 0 Å². The number of halogens is 1. The van der Waals surface area contributed by atoms with E-state index in [1.807, 2.05) is 12.1 Å². The summed E-state index contributed by atoms with van der Waals surface area (Å²) in [6, 6.07) is 6.01. The third kappa shape index (κ3) is 3.31.